The van der Waals surface area contributed by atoms with Gasteiger partial charge >= 0.3 is 120 Å². The van der Waals surface area contributed by atoms with Gasteiger partial charge in [-0.1, -0.05) is 41.0 Å². The van der Waals surface area contributed by atoms with Crippen molar-refractivity contribution in [2.24, 2.45) is 5.92 Å². The summed E-state index contributed by atoms with van der Waals surface area (Å²) in [5.74, 6) is -1.39. The molecule has 0 radical (unpaired) electrons. The molecule has 0 bridgehead atoms. The van der Waals surface area contributed by atoms with Gasteiger partial charge in [-0.15, -0.1) is 0 Å². The first kappa shape index (κ1) is 63.4. The molecule has 2 fully saturated rings. The van der Waals surface area contributed by atoms with Crippen LogP contribution in [0.2, 0.25) is 0 Å². The number of esters is 1. The molecule has 1 amide bonds. The van der Waals surface area contributed by atoms with Crippen LogP contribution in [0.1, 0.15) is 88.0 Å². The molecule has 2 aliphatic rings. The molecule has 10 atom stereocenters. The molecule has 29 heteroatoms. The molecule has 6 N–H and O–H groups in total. The number of anilines is 2. The number of aromatic nitrogens is 8. The molecule has 2 aliphatic heterocycles. The number of aliphatic hydroxyl groups is 3. The Kier molecular flexibility index (Phi) is 27.7. The molecule has 4 aromatic heterocycles. The normalized spacial score (nSPS) is 22.4. The summed E-state index contributed by atoms with van der Waals surface area (Å²) >= 11 is 0. The van der Waals surface area contributed by atoms with E-state index in [1.165, 1.54) is 37.2 Å². The third-order valence-electron chi connectivity index (χ3n) is 10.4. The van der Waals surface area contributed by atoms with E-state index >= 15 is 4.39 Å². The van der Waals surface area contributed by atoms with Crippen molar-refractivity contribution in [2.75, 3.05) is 32.4 Å². The molecule has 0 aliphatic carbocycles. The number of nitrogen functional groups attached to an aromatic ring is 1. The molecule has 25 nitrogen and oxygen atoms in total. The van der Waals surface area contributed by atoms with Crippen LogP contribution in [0.3, 0.4) is 0 Å². The quantitative estimate of drug-likeness (QED) is 0.0244. The maximum absolute atomic E-state index is 15.4. The third-order valence-corrected chi connectivity index (χ3v) is 10.4. The van der Waals surface area contributed by atoms with Gasteiger partial charge in [0.25, 0.3) is 6.47 Å². The molecular formula is C39H60F2K2N10O15. The second kappa shape index (κ2) is 29.7. The molecule has 2 saturated heterocycles. The zero-order valence-electron chi connectivity index (χ0n) is 41.2. The molecule has 68 heavy (non-hydrogen) atoms. The number of alkyl halides is 2. The van der Waals surface area contributed by atoms with E-state index in [2.05, 4.69) is 30.1 Å². The summed E-state index contributed by atoms with van der Waals surface area (Å²) in [6.07, 6.45) is -10.3. The number of fused-ring (bicyclic) bond motifs is 2. The fourth-order valence-corrected chi connectivity index (χ4v) is 7.40. The Labute approximate surface area is 475 Å². The maximum Gasteiger partial charge on any atom is 1.00 e. The summed E-state index contributed by atoms with van der Waals surface area (Å²) in [5.41, 5.74) is 5.30. The van der Waals surface area contributed by atoms with Crippen LogP contribution < -0.4 is 140 Å². The minimum atomic E-state index is -1.86. The topological polar surface area (TPSA) is 334 Å². The van der Waals surface area contributed by atoms with Crippen molar-refractivity contribution in [3.8, 4) is 11.8 Å². The Hall–Kier alpha value is -2.60. The van der Waals surface area contributed by atoms with Crippen molar-refractivity contribution in [3.05, 3.63) is 21.0 Å². The second-order valence-corrected chi connectivity index (χ2v) is 14.8. The average molecular weight is 1030 g/mol. The molecule has 6 heterocycles. The number of aryl methyl sites for hydroxylation is 2. The number of nitrogens with one attached hydrogen (secondary N) is 1. The number of ether oxygens (including phenoxy) is 5. The molecule has 6 rings (SSSR count). The zero-order chi connectivity index (χ0) is 49.7. The van der Waals surface area contributed by atoms with Crippen LogP contribution in [0.15, 0.2) is 9.59 Å². The predicted molar refractivity (Wildman–Crippen MR) is 227 cm³/mol. The fourth-order valence-electron chi connectivity index (χ4n) is 7.40. The van der Waals surface area contributed by atoms with Crippen LogP contribution in [0.4, 0.5) is 20.7 Å². The fraction of sp³-hybridized carbons (Fsp3) is 0.667. The number of aliphatic hydroxyl groups excluding tert-OH is 3. The number of hydrogen-bond donors (Lipinski definition) is 5. The van der Waals surface area contributed by atoms with Crippen LogP contribution >= 0.6 is 0 Å². The largest absolute Gasteiger partial charge is 1.00 e. The summed E-state index contributed by atoms with van der Waals surface area (Å²) in [6.45, 7) is 12.1. The van der Waals surface area contributed by atoms with Gasteiger partial charge in [-0.3, -0.25) is 28.8 Å². The van der Waals surface area contributed by atoms with Gasteiger partial charge in [0.1, 0.15) is 12.2 Å². The number of halogens is 2. The monoisotopic (exact) mass is 1020 g/mol. The Bertz CT molecular complexity index is 2400. The van der Waals surface area contributed by atoms with Crippen LogP contribution in [0, 0.1) is 5.92 Å². The van der Waals surface area contributed by atoms with E-state index in [0.29, 0.717) is 32.4 Å². The summed E-state index contributed by atoms with van der Waals surface area (Å²) in [7, 11) is 3.76. The molecule has 4 aromatic rings. The molecule has 0 spiro atoms. The van der Waals surface area contributed by atoms with Gasteiger partial charge in [0, 0.05) is 34.0 Å². The van der Waals surface area contributed by atoms with E-state index in [1.54, 1.807) is 6.92 Å². The van der Waals surface area contributed by atoms with Crippen LogP contribution in [0.5, 0.6) is 11.8 Å². The Morgan fingerprint density at radius 3 is 1.79 bits per heavy atom. The van der Waals surface area contributed by atoms with Crippen LogP contribution in [-0.2, 0) is 46.6 Å². The van der Waals surface area contributed by atoms with Gasteiger partial charge in [0.05, 0.1) is 26.4 Å². The van der Waals surface area contributed by atoms with E-state index in [1.807, 2.05) is 27.7 Å². The smallest absolute Gasteiger partial charge is 1.00 e. The average Bonchev–Trinajstić information content (AvgIpc) is 3.96. The van der Waals surface area contributed by atoms with Crippen LogP contribution in [-0.4, -0.2) is 136 Å². The molecule has 372 valence electrons. The molecule has 0 saturated carbocycles. The van der Waals surface area contributed by atoms with Gasteiger partial charge in [-0.2, -0.15) is 19.9 Å². The number of methoxy groups -OCH3 is 2. The summed E-state index contributed by atoms with van der Waals surface area (Å²) in [4.78, 5) is 77.8. The van der Waals surface area contributed by atoms with Gasteiger partial charge in [0.2, 0.25) is 29.6 Å². The summed E-state index contributed by atoms with van der Waals surface area (Å²) in [5, 5.41) is 38.2. The van der Waals surface area contributed by atoms with E-state index in [0.717, 1.165) is 16.2 Å². The summed E-state index contributed by atoms with van der Waals surface area (Å²) in [6, 6.07) is 0. The van der Waals surface area contributed by atoms with Gasteiger partial charge in [-0.05, 0) is 25.2 Å². The number of nitrogens with zero attached hydrogens (tertiary/aromatic N) is 8. The van der Waals surface area contributed by atoms with Gasteiger partial charge in [0.15, 0.2) is 53.2 Å². The number of amides is 1. The van der Waals surface area contributed by atoms with E-state index in [9.17, 15) is 33.8 Å². The van der Waals surface area contributed by atoms with E-state index in [4.69, 9.17) is 44.6 Å². The van der Waals surface area contributed by atoms with Crippen molar-refractivity contribution < 1.29 is 177 Å². The molecular weight excluding hydrogens is 965 g/mol. The Morgan fingerprint density at radius 1 is 0.868 bits per heavy atom. The van der Waals surface area contributed by atoms with E-state index in [-0.39, 0.29) is 169 Å². The molecule has 0 aromatic carbocycles. The minimum Gasteiger partial charge on any atom is -1.00 e. The van der Waals surface area contributed by atoms with Gasteiger partial charge < -0.3 is 56.3 Å². The number of imidazole rings is 2. The summed E-state index contributed by atoms with van der Waals surface area (Å²) < 4.78 is 62.4. The molecule has 0 unspecified atom stereocenters. The number of nitrogens with two attached hydrogens (primary N) is 1. The number of carbonyl (C=O) groups excluding carboxylic acids is 3. The van der Waals surface area contributed by atoms with E-state index < -0.39 is 78.6 Å². The first-order chi connectivity index (χ1) is 31.4. The SMILES string of the molecule is CCCn1c(=O)n([C@@H]2O[C@H]([C@@H](C)CC)[C@H](F)[C@H]2OC(C)=O)c2nc(NC(C)=O)nc(OC)c21.CCCn1c(=O)n([C@@H]2O[C@H]([C@@H](O)CC)[C@H](F)[C@H]2O)c2nc(N)nc(OC)c21.CO.O=CO[O-].[H-].[K+].[K+]. The number of rotatable bonds is 15. The zero-order valence-corrected chi connectivity index (χ0v) is 46.5. The Morgan fingerprint density at radius 2 is 1.35 bits per heavy atom. The van der Waals surface area contributed by atoms with Gasteiger partial charge in [-0.25, -0.2) is 27.5 Å². The first-order valence-corrected chi connectivity index (χ1v) is 20.9. The second-order valence-electron chi connectivity index (χ2n) is 14.8. The van der Waals surface area contributed by atoms with Crippen molar-refractivity contribution >= 4 is 52.6 Å². The standard InChI is InChI=1S/C21H30FN5O6.C16H24FN5O5.CH2O3.CH4O.2K.H/c1-7-9-26-14-17(24-20(23-11(4)28)25-18(14)31-6)27(21(26)30)19-16(32-12(5)29)13(22)15(33-19)10(3)8-2;1-4-6-21-9-12(19-15(18)20-13(9)26-3)22(16(21)25)14-10(24)8(17)11(27-14)7(23)5-2;2-1-4-3;1-2;;;/h10,13,15-16,19H,7-9H2,1-6H3,(H,23,24,25,28);7-8,10-11,14,23-24H,4-6H2,1-3H3,(H2,18,19,20);1,3H;2H,1H3;;;/q;;;;2*+1;-1/p-1/t10-,13-,15+,16+,19+;7-,8+,10+,11+,14+;;;;;/m00...../s1. The number of carbonyl (C=O) groups is 3. The predicted octanol–water partition coefficient (Wildman–Crippen LogP) is -5.69. The van der Waals surface area contributed by atoms with Crippen LogP contribution in [0.25, 0.3) is 22.3 Å². The number of hydrogen-bond acceptors (Lipinski definition) is 20. The van der Waals surface area contributed by atoms with Crippen molar-refractivity contribution in [1.82, 2.24) is 38.2 Å². The Balaban J connectivity index is 0.00000117. The maximum atomic E-state index is 15.4. The van der Waals surface area contributed by atoms with Crippen molar-refractivity contribution in [2.45, 2.75) is 143 Å². The minimum absolute atomic E-state index is 0. The van der Waals surface area contributed by atoms with Crippen molar-refractivity contribution in [1.29, 1.82) is 0 Å². The first-order valence-electron chi connectivity index (χ1n) is 20.9. The van der Waals surface area contributed by atoms with Crippen molar-refractivity contribution in [3.63, 3.8) is 0 Å². The third kappa shape index (κ3) is 14.1.